The lowest BCUT2D eigenvalue weighted by molar-refractivity contribution is 0.157. The molecule has 206 valence electrons. The van der Waals surface area contributed by atoms with E-state index in [4.69, 9.17) is 16.3 Å². The van der Waals surface area contributed by atoms with E-state index in [1.54, 1.807) is 0 Å². The van der Waals surface area contributed by atoms with Gasteiger partial charge in [0, 0.05) is 24.7 Å². The van der Waals surface area contributed by atoms with Crippen LogP contribution >= 0.6 is 36.4 Å². The first kappa shape index (κ1) is 30.8. The maximum atomic E-state index is 6.27. The van der Waals surface area contributed by atoms with Crippen LogP contribution in [0.3, 0.4) is 0 Å². The molecule has 0 N–H and O–H groups in total. The van der Waals surface area contributed by atoms with Crippen LogP contribution in [0.5, 0.6) is 5.75 Å². The van der Waals surface area contributed by atoms with Gasteiger partial charge in [-0.15, -0.1) is 24.8 Å². The average molecular weight is 576 g/mol. The Hall–Kier alpha value is -1.75. The van der Waals surface area contributed by atoms with E-state index in [1.807, 2.05) is 12.1 Å². The van der Waals surface area contributed by atoms with Crippen molar-refractivity contribution in [3.8, 4) is 5.75 Å². The van der Waals surface area contributed by atoms with Crippen molar-refractivity contribution in [3.05, 3.63) is 99.6 Å². The summed E-state index contributed by atoms with van der Waals surface area (Å²) in [5, 5.41) is 0.830. The normalized spacial score (nSPS) is 16.6. The minimum Gasteiger partial charge on any atom is -0.494 e. The number of piperidine rings is 1. The molecule has 2 heterocycles. The van der Waals surface area contributed by atoms with E-state index in [9.17, 15) is 0 Å². The molecule has 0 aliphatic carbocycles. The van der Waals surface area contributed by atoms with E-state index in [-0.39, 0.29) is 24.8 Å². The summed E-state index contributed by atoms with van der Waals surface area (Å²) in [6, 6.07) is 24.0. The fourth-order valence-corrected chi connectivity index (χ4v) is 5.98. The zero-order valence-corrected chi connectivity index (χ0v) is 24.8. The van der Waals surface area contributed by atoms with Gasteiger partial charge in [0.15, 0.2) is 0 Å². The second kappa shape index (κ2) is 15.1. The van der Waals surface area contributed by atoms with Gasteiger partial charge in [0.2, 0.25) is 0 Å². The topological polar surface area (TPSA) is 15.7 Å². The van der Waals surface area contributed by atoms with Gasteiger partial charge in [0.1, 0.15) is 5.75 Å². The van der Waals surface area contributed by atoms with Crippen LogP contribution in [0.15, 0.2) is 66.7 Å². The molecule has 38 heavy (non-hydrogen) atoms. The van der Waals surface area contributed by atoms with Crippen LogP contribution < -0.4 is 4.74 Å². The van der Waals surface area contributed by atoms with Crippen LogP contribution in [0, 0.1) is 12.8 Å². The third-order valence-corrected chi connectivity index (χ3v) is 8.01. The molecule has 1 fully saturated rings. The lowest BCUT2D eigenvalue weighted by atomic mass is 9.93. The summed E-state index contributed by atoms with van der Waals surface area (Å²) < 4.78 is 6.27. The highest BCUT2D eigenvalue weighted by Gasteiger charge is 2.20. The maximum absolute atomic E-state index is 6.27. The first-order valence-corrected chi connectivity index (χ1v) is 14.0. The van der Waals surface area contributed by atoms with E-state index in [0.717, 1.165) is 75.4 Å². The van der Waals surface area contributed by atoms with Crippen molar-refractivity contribution >= 4 is 36.4 Å². The number of hydrogen-bond donors (Lipinski definition) is 0. The molecule has 0 saturated carbocycles. The number of rotatable bonds is 8. The van der Waals surface area contributed by atoms with Crippen LogP contribution in [-0.4, -0.2) is 36.0 Å². The molecule has 3 nitrogen and oxygen atoms in total. The van der Waals surface area contributed by atoms with Crippen molar-refractivity contribution in [1.82, 2.24) is 9.80 Å². The van der Waals surface area contributed by atoms with Crippen molar-refractivity contribution in [2.24, 2.45) is 5.92 Å². The SMILES string of the molecule is Cc1cccc(CN2CCCc3ccc(OCCC4CCN(Cc5cccc(Cl)c5)CC4)cc3C2)c1.Cl.Cl. The second-order valence-electron chi connectivity index (χ2n) is 10.7. The fourth-order valence-electron chi connectivity index (χ4n) is 5.77. The van der Waals surface area contributed by atoms with Crippen molar-refractivity contribution in [1.29, 1.82) is 0 Å². The molecule has 0 atom stereocenters. The Kier molecular flexibility index (Phi) is 12.3. The van der Waals surface area contributed by atoms with Crippen molar-refractivity contribution in [2.45, 2.75) is 58.7 Å². The minimum atomic E-state index is 0. The molecule has 0 unspecified atom stereocenters. The van der Waals surface area contributed by atoms with E-state index < -0.39 is 0 Å². The number of benzene rings is 3. The molecule has 0 spiro atoms. The van der Waals surface area contributed by atoms with Gasteiger partial charge in [-0.3, -0.25) is 9.80 Å². The molecule has 1 saturated heterocycles. The van der Waals surface area contributed by atoms with Gasteiger partial charge >= 0.3 is 0 Å². The first-order valence-electron chi connectivity index (χ1n) is 13.6. The molecule has 6 heteroatoms. The van der Waals surface area contributed by atoms with Crippen LogP contribution in [0.4, 0.5) is 0 Å². The van der Waals surface area contributed by atoms with E-state index in [0.29, 0.717) is 0 Å². The van der Waals surface area contributed by atoms with Crippen LogP contribution in [0.25, 0.3) is 0 Å². The standard InChI is InChI=1S/C32H39ClN2O.2ClH/c1-25-5-2-6-27(19-25)23-35-15-4-8-29-10-11-32(21-30(29)24-35)36-18-14-26-12-16-34(17-13-26)22-28-7-3-9-31(33)20-28;;/h2-3,5-7,9-11,19-21,26H,4,8,12-18,22-24H2,1H3;2*1H. The number of nitrogens with zero attached hydrogens (tertiary/aromatic N) is 2. The lowest BCUT2D eigenvalue weighted by Gasteiger charge is -2.32. The monoisotopic (exact) mass is 574 g/mol. The predicted molar refractivity (Wildman–Crippen MR) is 164 cm³/mol. The highest BCUT2D eigenvalue weighted by molar-refractivity contribution is 6.30. The Morgan fingerprint density at radius 2 is 1.55 bits per heavy atom. The Bertz CT molecular complexity index is 1150. The van der Waals surface area contributed by atoms with Gasteiger partial charge in [0.25, 0.3) is 0 Å². The Balaban J connectivity index is 0.00000200. The number of hydrogen-bond acceptors (Lipinski definition) is 3. The molecule has 0 aromatic heterocycles. The van der Waals surface area contributed by atoms with Gasteiger partial charge in [-0.2, -0.15) is 0 Å². The summed E-state index contributed by atoms with van der Waals surface area (Å²) in [7, 11) is 0. The van der Waals surface area contributed by atoms with Crippen molar-refractivity contribution in [2.75, 3.05) is 26.2 Å². The van der Waals surface area contributed by atoms with Gasteiger partial charge < -0.3 is 4.74 Å². The van der Waals surface area contributed by atoms with Gasteiger partial charge in [0.05, 0.1) is 6.61 Å². The maximum Gasteiger partial charge on any atom is 0.119 e. The average Bonchev–Trinajstić information content (AvgIpc) is 3.06. The summed E-state index contributed by atoms with van der Waals surface area (Å²) >= 11 is 6.15. The van der Waals surface area contributed by atoms with Crippen molar-refractivity contribution < 1.29 is 4.74 Å². The second-order valence-corrected chi connectivity index (χ2v) is 11.2. The quantitative estimate of drug-likeness (QED) is 0.270. The third kappa shape index (κ3) is 8.89. The molecule has 0 amide bonds. The van der Waals surface area contributed by atoms with Gasteiger partial charge in [-0.1, -0.05) is 59.6 Å². The Morgan fingerprint density at radius 1 is 0.816 bits per heavy atom. The molecular weight excluding hydrogens is 535 g/mol. The molecule has 0 bridgehead atoms. The molecule has 0 radical (unpaired) electrons. The van der Waals surface area contributed by atoms with E-state index >= 15 is 0 Å². The zero-order valence-electron chi connectivity index (χ0n) is 22.4. The van der Waals surface area contributed by atoms with E-state index in [2.05, 4.69) is 71.3 Å². The third-order valence-electron chi connectivity index (χ3n) is 7.78. The zero-order chi connectivity index (χ0) is 24.7. The molecule has 2 aliphatic heterocycles. The number of aryl methyl sites for hydroxylation is 2. The number of fused-ring (bicyclic) bond motifs is 1. The fraction of sp³-hybridized carbons (Fsp3) is 0.438. The summed E-state index contributed by atoms with van der Waals surface area (Å²) in [5.74, 6) is 1.79. The van der Waals surface area contributed by atoms with Crippen LogP contribution in [0.2, 0.25) is 5.02 Å². The highest BCUT2D eigenvalue weighted by Crippen LogP contribution is 2.27. The van der Waals surface area contributed by atoms with Gasteiger partial charge in [-0.25, -0.2) is 0 Å². The Labute approximate surface area is 246 Å². The summed E-state index contributed by atoms with van der Waals surface area (Å²) in [6.45, 7) is 9.47. The van der Waals surface area contributed by atoms with Gasteiger partial charge in [-0.05, 0) is 111 Å². The predicted octanol–water partition coefficient (Wildman–Crippen LogP) is 8.12. The van der Waals surface area contributed by atoms with Crippen molar-refractivity contribution in [3.63, 3.8) is 0 Å². The molecule has 3 aromatic carbocycles. The minimum absolute atomic E-state index is 0. The lowest BCUT2D eigenvalue weighted by Crippen LogP contribution is -2.33. The summed E-state index contributed by atoms with van der Waals surface area (Å²) in [6.07, 6.45) is 6.02. The van der Waals surface area contributed by atoms with E-state index in [1.165, 1.54) is 47.1 Å². The Morgan fingerprint density at radius 3 is 2.32 bits per heavy atom. The number of ether oxygens (including phenoxy) is 1. The molecule has 3 aromatic rings. The summed E-state index contributed by atoms with van der Waals surface area (Å²) in [5.41, 5.74) is 6.98. The van der Waals surface area contributed by atoms with Crippen LogP contribution in [0.1, 0.15) is 53.5 Å². The molecule has 2 aliphatic rings. The highest BCUT2D eigenvalue weighted by atomic mass is 35.5. The van der Waals surface area contributed by atoms with Crippen LogP contribution in [-0.2, 0) is 26.1 Å². The molecular formula is C32H41Cl3N2O. The largest absolute Gasteiger partial charge is 0.494 e. The number of halogens is 3. The smallest absolute Gasteiger partial charge is 0.119 e. The molecule has 5 rings (SSSR count). The first-order chi connectivity index (χ1) is 17.6. The number of likely N-dealkylation sites (tertiary alicyclic amines) is 1. The summed E-state index contributed by atoms with van der Waals surface area (Å²) in [4.78, 5) is 5.14.